The average Bonchev–Trinajstić information content (AvgIpc) is 2.74. The van der Waals surface area contributed by atoms with Crippen LogP contribution in [0.3, 0.4) is 0 Å². The maximum absolute atomic E-state index is 6.04. The predicted molar refractivity (Wildman–Crippen MR) is 73.7 cm³/mol. The molecule has 0 spiro atoms. The molecule has 3 unspecified atom stereocenters. The molecule has 3 heteroatoms. The molecule has 1 aliphatic rings. The van der Waals surface area contributed by atoms with Gasteiger partial charge in [0.1, 0.15) is 0 Å². The third kappa shape index (κ3) is 2.72. The fourth-order valence-electron chi connectivity index (χ4n) is 2.55. The van der Waals surface area contributed by atoms with Crippen LogP contribution in [0.1, 0.15) is 60.4 Å². The molecule has 0 aromatic carbocycles. The van der Waals surface area contributed by atoms with E-state index < -0.39 is 0 Å². The van der Waals surface area contributed by atoms with Crippen molar-refractivity contribution in [2.45, 2.75) is 57.6 Å². The van der Waals surface area contributed by atoms with Crippen molar-refractivity contribution in [1.29, 1.82) is 0 Å². The molecule has 96 valence electrons. The van der Waals surface area contributed by atoms with Crippen LogP contribution in [0.2, 0.25) is 0 Å². The van der Waals surface area contributed by atoms with E-state index in [9.17, 15) is 0 Å². The molecule has 0 saturated heterocycles. The van der Waals surface area contributed by atoms with Gasteiger partial charge >= 0.3 is 0 Å². The summed E-state index contributed by atoms with van der Waals surface area (Å²) in [6.45, 7) is 4.48. The van der Waals surface area contributed by atoms with E-state index in [0.29, 0.717) is 18.1 Å². The number of methoxy groups -OCH3 is 1. The molecule has 0 aliphatic heterocycles. The maximum atomic E-state index is 6.04. The Bertz CT molecular complexity index is 374. The van der Waals surface area contributed by atoms with Crippen LogP contribution in [0, 0.1) is 0 Å². The molecule has 1 aliphatic carbocycles. The third-order valence-corrected chi connectivity index (χ3v) is 5.18. The molecule has 1 aromatic rings. The van der Waals surface area contributed by atoms with Crippen LogP contribution in [0.15, 0.2) is 6.07 Å². The van der Waals surface area contributed by atoms with Crippen molar-refractivity contribution in [3.63, 3.8) is 0 Å². The van der Waals surface area contributed by atoms with Crippen molar-refractivity contribution in [1.82, 2.24) is 0 Å². The van der Waals surface area contributed by atoms with Crippen molar-refractivity contribution >= 4 is 11.3 Å². The smallest absolute Gasteiger partial charge is 0.0832 e. The van der Waals surface area contributed by atoms with E-state index in [4.69, 9.17) is 10.5 Å². The number of hydrogen-bond donors (Lipinski definition) is 1. The molecule has 1 heterocycles. The maximum Gasteiger partial charge on any atom is 0.0832 e. The summed E-state index contributed by atoms with van der Waals surface area (Å²) in [6, 6.07) is 2.63. The summed E-state index contributed by atoms with van der Waals surface area (Å²) in [5.41, 5.74) is 7.47. The minimum absolute atomic E-state index is 0.298. The number of ether oxygens (including phenoxy) is 1. The van der Waals surface area contributed by atoms with E-state index in [-0.39, 0.29) is 0 Å². The topological polar surface area (TPSA) is 35.2 Å². The van der Waals surface area contributed by atoms with Crippen molar-refractivity contribution in [3.05, 3.63) is 21.4 Å². The minimum Gasteiger partial charge on any atom is -0.377 e. The van der Waals surface area contributed by atoms with Gasteiger partial charge in [-0.05, 0) is 43.2 Å². The highest BCUT2D eigenvalue weighted by molar-refractivity contribution is 7.12. The van der Waals surface area contributed by atoms with Gasteiger partial charge in [-0.25, -0.2) is 0 Å². The van der Waals surface area contributed by atoms with Gasteiger partial charge in [0.2, 0.25) is 0 Å². The van der Waals surface area contributed by atoms with E-state index >= 15 is 0 Å². The van der Waals surface area contributed by atoms with Gasteiger partial charge in [0.25, 0.3) is 0 Å². The number of hydrogen-bond acceptors (Lipinski definition) is 3. The molecule has 17 heavy (non-hydrogen) atoms. The highest BCUT2D eigenvalue weighted by Gasteiger charge is 2.27. The molecule has 0 radical (unpaired) electrons. The summed E-state index contributed by atoms with van der Waals surface area (Å²) in [5.74, 6) is 0.688. The van der Waals surface area contributed by atoms with Gasteiger partial charge in [-0.2, -0.15) is 0 Å². The summed E-state index contributed by atoms with van der Waals surface area (Å²) in [7, 11) is 1.82. The Labute approximate surface area is 108 Å². The lowest BCUT2D eigenvalue weighted by atomic mass is 9.88. The molecule has 0 amide bonds. The zero-order valence-corrected chi connectivity index (χ0v) is 11.8. The number of rotatable bonds is 4. The van der Waals surface area contributed by atoms with Gasteiger partial charge in [0.15, 0.2) is 0 Å². The minimum atomic E-state index is 0.298. The second-order valence-corrected chi connectivity index (χ2v) is 6.28. The third-order valence-electron chi connectivity index (χ3n) is 3.77. The Balaban J connectivity index is 2.22. The lowest BCUT2D eigenvalue weighted by Gasteiger charge is -2.25. The molecule has 1 aromatic heterocycles. The second-order valence-electron chi connectivity index (χ2n) is 5.11. The average molecular weight is 253 g/mol. The largest absolute Gasteiger partial charge is 0.377 e. The summed E-state index contributed by atoms with van der Waals surface area (Å²) in [4.78, 5) is 2.96. The number of thiophene rings is 1. The van der Waals surface area contributed by atoms with Gasteiger partial charge in [-0.15, -0.1) is 11.3 Å². The molecule has 0 bridgehead atoms. The lowest BCUT2D eigenvalue weighted by Crippen LogP contribution is -2.20. The van der Waals surface area contributed by atoms with Gasteiger partial charge < -0.3 is 10.5 Å². The first-order valence-corrected chi connectivity index (χ1v) is 7.38. The van der Waals surface area contributed by atoms with Gasteiger partial charge in [0.05, 0.1) is 6.10 Å². The lowest BCUT2D eigenvalue weighted by molar-refractivity contribution is 0.0859. The van der Waals surface area contributed by atoms with Crippen LogP contribution in [-0.4, -0.2) is 13.2 Å². The number of nitrogens with two attached hydrogens (primary N) is 1. The summed E-state index contributed by atoms with van der Waals surface area (Å²) in [5, 5.41) is 0. The molecule has 0 fully saturated rings. The van der Waals surface area contributed by atoms with E-state index in [1.165, 1.54) is 21.7 Å². The van der Waals surface area contributed by atoms with Gasteiger partial charge in [0, 0.05) is 22.9 Å². The quantitative estimate of drug-likeness (QED) is 0.889. The Morgan fingerprint density at radius 2 is 2.29 bits per heavy atom. The van der Waals surface area contributed by atoms with Gasteiger partial charge in [-0.1, -0.05) is 13.8 Å². The standard InChI is InChI=1S/C14H23NOS/c1-4-10(15)7-11-8-12-13(16-3)6-5-9(2)14(12)17-11/h8-10,13H,4-7,15H2,1-3H3. The first kappa shape index (κ1) is 13.1. The Morgan fingerprint density at radius 3 is 2.94 bits per heavy atom. The zero-order valence-electron chi connectivity index (χ0n) is 11.0. The molecule has 0 saturated carbocycles. The van der Waals surface area contributed by atoms with Crippen LogP contribution in [0.5, 0.6) is 0 Å². The van der Waals surface area contributed by atoms with E-state index in [0.717, 1.165) is 19.3 Å². The Hall–Kier alpha value is -0.380. The molecule has 3 atom stereocenters. The first-order valence-electron chi connectivity index (χ1n) is 6.56. The number of fused-ring (bicyclic) bond motifs is 1. The van der Waals surface area contributed by atoms with Crippen LogP contribution in [0.25, 0.3) is 0 Å². The molecular formula is C14H23NOS. The first-order chi connectivity index (χ1) is 8.15. The predicted octanol–water partition coefficient (Wildman–Crippen LogP) is 3.61. The summed E-state index contributed by atoms with van der Waals surface area (Å²) >= 11 is 1.95. The molecule has 2 rings (SSSR count). The van der Waals surface area contributed by atoms with E-state index in [1.807, 2.05) is 18.4 Å². The monoisotopic (exact) mass is 253 g/mol. The molecule has 2 nitrogen and oxygen atoms in total. The molecular weight excluding hydrogens is 230 g/mol. The summed E-state index contributed by atoms with van der Waals surface area (Å²) < 4.78 is 5.59. The van der Waals surface area contributed by atoms with Gasteiger partial charge in [-0.3, -0.25) is 0 Å². The van der Waals surface area contributed by atoms with Crippen LogP contribution in [0.4, 0.5) is 0 Å². The van der Waals surface area contributed by atoms with Crippen molar-refractivity contribution in [2.75, 3.05) is 7.11 Å². The van der Waals surface area contributed by atoms with Crippen LogP contribution >= 0.6 is 11.3 Å². The zero-order chi connectivity index (χ0) is 12.4. The Morgan fingerprint density at radius 1 is 1.53 bits per heavy atom. The van der Waals surface area contributed by atoms with Crippen molar-refractivity contribution < 1.29 is 4.74 Å². The second kappa shape index (κ2) is 5.51. The Kier molecular flexibility index (Phi) is 4.23. The fourth-order valence-corrected chi connectivity index (χ4v) is 3.94. The van der Waals surface area contributed by atoms with Crippen molar-refractivity contribution in [3.8, 4) is 0 Å². The van der Waals surface area contributed by atoms with Crippen LogP contribution < -0.4 is 5.73 Å². The normalized spacial score (nSPS) is 25.6. The highest BCUT2D eigenvalue weighted by atomic mass is 32.1. The molecule has 2 N–H and O–H groups in total. The van der Waals surface area contributed by atoms with Crippen LogP contribution in [-0.2, 0) is 11.2 Å². The van der Waals surface area contributed by atoms with E-state index in [2.05, 4.69) is 19.9 Å². The fraction of sp³-hybridized carbons (Fsp3) is 0.714. The van der Waals surface area contributed by atoms with E-state index in [1.54, 1.807) is 0 Å². The summed E-state index contributed by atoms with van der Waals surface area (Å²) in [6.07, 6.45) is 4.76. The highest BCUT2D eigenvalue weighted by Crippen LogP contribution is 2.43. The van der Waals surface area contributed by atoms with Crippen molar-refractivity contribution in [2.24, 2.45) is 5.73 Å². The SMILES string of the molecule is CCC(N)Cc1cc2c(s1)C(C)CCC2OC.